The van der Waals surface area contributed by atoms with Crippen LogP contribution in [0.2, 0.25) is 5.02 Å². The van der Waals surface area contributed by atoms with Gasteiger partial charge in [-0.25, -0.2) is 0 Å². The van der Waals surface area contributed by atoms with Crippen LogP contribution in [0.3, 0.4) is 0 Å². The summed E-state index contributed by atoms with van der Waals surface area (Å²) in [7, 11) is 0. The van der Waals surface area contributed by atoms with E-state index in [1.54, 1.807) is 18.2 Å². The molecule has 0 aliphatic rings. The van der Waals surface area contributed by atoms with Gasteiger partial charge in [0.1, 0.15) is 6.10 Å². The smallest absolute Gasteiger partial charge is 0.106 e. The van der Waals surface area contributed by atoms with Gasteiger partial charge in [-0.3, -0.25) is 0 Å². The second-order valence-corrected chi connectivity index (χ2v) is 5.74. The molecule has 0 radical (unpaired) electrons. The van der Waals surface area contributed by atoms with Crippen molar-refractivity contribution < 1.29 is 10.2 Å². The van der Waals surface area contributed by atoms with E-state index in [1.165, 1.54) is 0 Å². The average Bonchev–Trinajstić information content (AvgIpc) is 2.38. The largest absolute Gasteiger partial charge is 0.392 e. The SMILES string of the molecule is Cc1ccc(CO)cc1C(O)c1ccc(Br)cc1Cl. The quantitative estimate of drug-likeness (QED) is 0.886. The third kappa shape index (κ3) is 3.18. The molecule has 2 N–H and O–H groups in total. The molecule has 0 aliphatic carbocycles. The third-order valence-corrected chi connectivity index (χ3v) is 3.90. The van der Waals surface area contributed by atoms with Crippen molar-refractivity contribution in [2.24, 2.45) is 0 Å². The van der Waals surface area contributed by atoms with Crippen LogP contribution >= 0.6 is 27.5 Å². The van der Waals surface area contributed by atoms with E-state index in [4.69, 9.17) is 11.6 Å². The van der Waals surface area contributed by atoms with Crippen LogP contribution < -0.4 is 0 Å². The van der Waals surface area contributed by atoms with Crippen LogP contribution in [-0.4, -0.2) is 10.2 Å². The highest BCUT2D eigenvalue weighted by Gasteiger charge is 2.16. The van der Waals surface area contributed by atoms with Gasteiger partial charge in [-0.1, -0.05) is 51.8 Å². The van der Waals surface area contributed by atoms with Crippen molar-refractivity contribution in [2.75, 3.05) is 0 Å². The summed E-state index contributed by atoms with van der Waals surface area (Å²) in [6.45, 7) is 1.88. The normalized spacial score (nSPS) is 12.5. The second kappa shape index (κ2) is 6.06. The van der Waals surface area contributed by atoms with Crippen LogP contribution in [0.5, 0.6) is 0 Å². The highest BCUT2D eigenvalue weighted by Crippen LogP contribution is 2.32. The van der Waals surface area contributed by atoms with Crippen LogP contribution in [-0.2, 0) is 6.61 Å². The first-order chi connectivity index (χ1) is 9.02. The zero-order valence-electron chi connectivity index (χ0n) is 10.4. The molecule has 0 heterocycles. The lowest BCUT2D eigenvalue weighted by molar-refractivity contribution is 0.219. The first-order valence-corrected chi connectivity index (χ1v) is 7.03. The summed E-state index contributed by atoms with van der Waals surface area (Å²) in [6.07, 6.45) is -0.799. The van der Waals surface area contributed by atoms with Gasteiger partial charge in [-0.15, -0.1) is 0 Å². The van der Waals surface area contributed by atoms with E-state index in [-0.39, 0.29) is 6.61 Å². The molecule has 0 fully saturated rings. The third-order valence-electron chi connectivity index (χ3n) is 3.08. The number of hydrogen-bond acceptors (Lipinski definition) is 2. The fourth-order valence-electron chi connectivity index (χ4n) is 1.97. The van der Waals surface area contributed by atoms with Crippen molar-refractivity contribution in [3.8, 4) is 0 Å². The Morgan fingerprint density at radius 2 is 1.89 bits per heavy atom. The fraction of sp³-hybridized carbons (Fsp3) is 0.200. The molecule has 0 aliphatic heterocycles. The summed E-state index contributed by atoms with van der Waals surface area (Å²) in [5.74, 6) is 0. The zero-order chi connectivity index (χ0) is 14.0. The molecule has 0 bridgehead atoms. The zero-order valence-corrected chi connectivity index (χ0v) is 12.7. The van der Waals surface area contributed by atoms with Gasteiger partial charge < -0.3 is 10.2 Å². The molecule has 0 saturated heterocycles. The molecule has 100 valence electrons. The Labute approximate surface area is 125 Å². The summed E-state index contributed by atoms with van der Waals surface area (Å²) < 4.78 is 0.870. The van der Waals surface area contributed by atoms with Crippen LogP contribution in [0, 0.1) is 6.92 Å². The maximum atomic E-state index is 10.5. The van der Waals surface area contributed by atoms with Crippen LogP contribution in [0.4, 0.5) is 0 Å². The molecule has 4 heteroatoms. The standard InChI is InChI=1S/C15H14BrClO2/c1-9-2-3-10(8-18)6-13(9)15(19)12-5-4-11(16)7-14(12)17/h2-7,15,18-19H,8H2,1H3. The lowest BCUT2D eigenvalue weighted by Gasteiger charge is -2.16. The maximum Gasteiger partial charge on any atom is 0.106 e. The predicted octanol–water partition coefficient (Wildman–Crippen LogP) is 3.98. The van der Waals surface area contributed by atoms with Crippen LogP contribution in [0.15, 0.2) is 40.9 Å². The molecule has 1 unspecified atom stereocenters. The molecular weight excluding hydrogens is 328 g/mol. The van der Waals surface area contributed by atoms with Gasteiger partial charge in [-0.05, 0) is 35.7 Å². The Morgan fingerprint density at radius 1 is 1.16 bits per heavy atom. The van der Waals surface area contributed by atoms with Gasteiger partial charge in [0.15, 0.2) is 0 Å². The van der Waals surface area contributed by atoms with Gasteiger partial charge in [0, 0.05) is 15.1 Å². The maximum absolute atomic E-state index is 10.5. The van der Waals surface area contributed by atoms with Gasteiger partial charge >= 0.3 is 0 Å². The molecule has 0 spiro atoms. The second-order valence-electron chi connectivity index (χ2n) is 4.42. The van der Waals surface area contributed by atoms with E-state index in [0.29, 0.717) is 10.6 Å². The number of aliphatic hydroxyl groups is 2. The molecule has 1 atom stereocenters. The van der Waals surface area contributed by atoms with Gasteiger partial charge in [0.05, 0.1) is 6.61 Å². The highest BCUT2D eigenvalue weighted by molar-refractivity contribution is 9.10. The van der Waals surface area contributed by atoms with Crippen molar-refractivity contribution in [3.63, 3.8) is 0 Å². The minimum absolute atomic E-state index is 0.0475. The van der Waals surface area contributed by atoms with E-state index in [9.17, 15) is 10.2 Å². The van der Waals surface area contributed by atoms with E-state index < -0.39 is 6.10 Å². The molecular formula is C15H14BrClO2. The van der Waals surface area contributed by atoms with Crippen molar-refractivity contribution in [1.82, 2.24) is 0 Å². The summed E-state index contributed by atoms with van der Waals surface area (Å²) in [5.41, 5.74) is 3.15. The number of benzene rings is 2. The van der Waals surface area contributed by atoms with Gasteiger partial charge in [0.2, 0.25) is 0 Å². The summed E-state index contributed by atoms with van der Waals surface area (Å²) in [4.78, 5) is 0. The molecule has 19 heavy (non-hydrogen) atoms. The minimum atomic E-state index is -0.799. The highest BCUT2D eigenvalue weighted by atomic mass is 79.9. The Kier molecular flexibility index (Phi) is 4.63. The molecule has 2 aromatic carbocycles. The Morgan fingerprint density at radius 3 is 2.53 bits per heavy atom. The number of rotatable bonds is 3. The fourth-order valence-corrected chi connectivity index (χ4v) is 2.75. The first kappa shape index (κ1) is 14.5. The monoisotopic (exact) mass is 340 g/mol. The van der Waals surface area contributed by atoms with E-state index in [1.807, 2.05) is 25.1 Å². The number of hydrogen-bond donors (Lipinski definition) is 2. The first-order valence-electron chi connectivity index (χ1n) is 5.86. The Hall–Kier alpha value is -0.870. The molecule has 2 aromatic rings. The summed E-state index contributed by atoms with van der Waals surface area (Å²) in [6, 6.07) is 10.9. The van der Waals surface area contributed by atoms with E-state index in [2.05, 4.69) is 15.9 Å². The van der Waals surface area contributed by atoms with Crippen molar-refractivity contribution in [3.05, 3.63) is 68.1 Å². The lowest BCUT2D eigenvalue weighted by atomic mass is 9.95. The number of aryl methyl sites for hydroxylation is 1. The molecule has 0 aromatic heterocycles. The van der Waals surface area contributed by atoms with Crippen molar-refractivity contribution in [2.45, 2.75) is 19.6 Å². The van der Waals surface area contributed by atoms with Crippen molar-refractivity contribution in [1.29, 1.82) is 0 Å². The van der Waals surface area contributed by atoms with Crippen LogP contribution in [0.25, 0.3) is 0 Å². The van der Waals surface area contributed by atoms with Crippen LogP contribution in [0.1, 0.15) is 28.4 Å². The van der Waals surface area contributed by atoms with E-state index in [0.717, 1.165) is 21.2 Å². The topological polar surface area (TPSA) is 40.5 Å². The van der Waals surface area contributed by atoms with Gasteiger partial charge in [-0.2, -0.15) is 0 Å². The van der Waals surface area contributed by atoms with Crippen molar-refractivity contribution >= 4 is 27.5 Å². The molecule has 0 saturated carbocycles. The molecule has 0 amide bonds. The Bertz CT molecular complexity index is 599. The summed E-state index contributed by atoms with van der Waals surface area (Å²) in [5, 5.41) is 20.2. The van der Waals surface area contributed by atoms with Gasteiger partial charge in [0.25, 0.3) is 0 Å². The predicted molar refractivity (Wildman–Crippen MR) is 80.3 cm³/mol. The molecule has 2 rings (SSSR count). The minimum Gasteiger partial charge on any atom is -0.392 e. The molecule has 2 nitrogen and oxygen atoms in total. The van der Waals surface area contributed by atoms with E-state index >= 15 is 0 Å². The number of aliphatic hydroxyl groups excluding tert-OH is 2. The number of halogens is 2. The average molecular weight is 342 g/mol. The Balaban J connectivity index is 2.46. The lowest BCUT2D eigenvalue weighted by Crippen LogP contribution is -2.04. The summed E-state index contributed by atoms with van der Waals surface area (Å²) >= 11 is 9.50.